The van der Waals surface area contributed by atoms with Gasteiger partial charge in [0.2, 0.25) is 5.88 Å². The standard InChI is InChI=1S/C25H27N3O5S2.Na.H/c1-25(30)11-4-7-20-19(25)14-22(34-20)35(31,32)28-24(29)27-23-17-6-3-5-15(17)8-9-18(23)16-10-12-26-21(13-16)33-2;;/h8-10,12-14,30H,3-7,11H2,1-2H3,(H2,27,28,29);;/q;+1;-1. The van der Waals surface area contributed by atoms with Gasteiger partial charge in [0, 0.05) is 22.7 Å². The fourth-order valence-electron chi connectivity index (χ4n) is 4.96. The maximum absolute atomic E-state index is 13.1. The number of methoxy groups -OCH3 is 1. The largest absolute Gasteiger partial charge is 1.00 e. The Morgan fingerprint density at radius 3 is 2.75 bits per heavy atom. The van der Waals surface area contributed by atoms with E-state index in [2.05, 4.69) is 15.0 Å². The molecule has 2 amide bonds. The van der Waals surface area contributed by atoms with Crippen LogP contribution in [0.1, 0.15) is 49.2 Å². The third kappa shape index (κ3) is 5.20. The number of aliphatic hydroxyl groups is 1. The number of nitrogens with one attached hydrogen (secondary N) is 2. The van der Waals surface area contributed by atoms with E-state index >= 15 is 0 Å². The zero-order chi connectivity index (χ0) is 24.8. The Labute approximate surface area is 238 Å². The Hall–Kier alpha value is -1.95. The van der Waals surface area contributed by atoms with Crippen molar-refractivity contribution in [1.29, 1.82) is 0 Å². The molecule has 2 aliphatic carbocycles. The molecule has 5 rings (SSSR count). The third-order valence-corrected chi connectivity index (χ3v) is 9.70. The van der Waals surface area contributed by atoms with Crippen molar-refractivity contribution < 1.29 is 54.0 Å². The first-order valence-electron chi connectivity index (χ1n) is 11.5. The number of anilines is 1. The first-order chi connectivity index (χ1) is 16.7. The molecule has 0 saturated carbocycles. The minimum atomic E-state index is -4.11. The van der Waals surface area contributed by atoms with E-state index in [-0.39, 0.29) is 35.2 Å². The monoisotopic (exact) mass is 537 g/mol. The van der Waals surface area contributed by atoms with Crippen LogP contribution in [0.2, 0.25) is 0 Å². The number of rotatable bonds is 5. The number of urea groups is 1. The normalized spacial score (nSPS) is 18.5. The van der Waals surface area contributed by atoms with Crippen molar-refractivity contribution in [2.24, 2.45) is 0 Å². The number of nitrogens with zero attached hydrogens (tertiary/aromatic N) is 1. The molecule has 0 saturated heterocycles. The van der Waals surface area contributed by atoms with Gasteiger partial charge in [0.05, 0.1) is 18.4 Å². The number of pyridine rings is 1. The van der Waals surface area contributed by atoms with Crippen LogP contribution in [-0.2, 0) is 34.9 Å². The Bertz CT molecular complexity index is 1430. The average molecular weight is 538 g/mol. The molecule has 11 heteroatoms. The Kier molecular flexibility index (Phi) is 7.85. The molecule has 0 radical (unpaired) electrons. The zero-order valence-electron chi connectivity index (χ0n) is 21.6. The van der Waals surface area contributed by atoms with Crippen LogP contribution >= 0.6 is 11.3 Å². The Morgan fingerprint density at radius 2 is 2.00 bits per heavy atom. The molecule has 0 fully saturated rings. The number of sulfonamides is 1. The van der Waals surface area contributed by atoms with Crippen molar-refractivity contribution in [2.75, 3.05) is 12.4 Å². The van der Waals surface area contributed by atoms with Gasteiger partial charge in [0.1, 0.15) is 4.21 Å². The van der Waals surface area contributed by atoms with Gasteiger partial charge in [-0.15, -0.1) is 11.3 Å². The molecule has 0 aliphatic heterocycles. The van der Waals surface area contributed by atoms with Gasteiger partial charge in [-0.05, 0) is 79.8 Å². The zero-order valence-corrected chi connectivity index (χ0v) is 24.2. The summed E-state index contributed by atoms with van der Waals surface area (Å²) in [5.41, 5.74) is 3.87. The fourth-order valence-corrected chi connectivity index (χ4v) is 7.54. The second kappa shape index (κ2) is 10.4. The molecule has 2 heterocycles. The number of amides is 2. The van der Waals surface area contributed by atoms with E-state index in [9.17, 15) is 18.3 Å². The SMILES string of the molecule is COc1cc(-c2ccc3c(c2NC(=O)NS(=O)(=O)c2cc4c(s2)CCCC4(C)O)CCC3)ccn1.[H-].[Na+]. The summed E-state index contributed by atoms with van der Waals surface area (Å²) < 4.78 is 33.6. The van der Waals surface area contributed by atoms with Crippen molar-refractivity contribution >= 4 is 33.1 Å². The molecule has 2 aromatic heterocycles. The molecular weight excluding hydrogens is 509 g/mol. The minimum absolute atomic E-state index is 0. The molecule has 1 unspecified atom stereocenters. The molecule has 0 bridgehead atoms. The van der Waals surface area contributed by atoms with Crippen molar-refractivity contribution in [2.45, 2.75) is 55.3 Å². The summed E-state index contributed by atoms with van der Waals surface area (Å²) >= 11 is 1.11. The topological polar surface area (TPSA) is 118 Å². The van der Waals surface area contributed by atoms with Crippen LogP contribution in [0.25, 0.3) is 11.1 Å². The molecule has 1 aromatic carbocycles. The van der Waals surface area contributed by atoms with Crippen LogP contribution in [0.4, 0.5) is 10.5 Å². The summed E-state index contributed by atoms with van der Waals surface area (Å²) in [6, 6.07) is 8.24. The summed E-state index contributed by atoms with van der Waals surface area (Å²) in [7, 11) is -2.57. The number of carbonyl (C=O) groups is 1. The second-order valence-corrected chi connectivity index (χ2v) is 12.2. The van der Waals surface area contributed by atoms with E-state index in [0.29, 0.717) is 30.0 Å². The number of carbonyl (C=O) groups excluding carboxylic acids is 1. The molecule has 1 atom stereocenters. The maximum atomic E-state index is 13.1. The van der Waals surface area contributed by atoms with Gasteiger partial charge in [0.25, 0.3) is 10.0 Å². The number of ether oxygens (including phenoxy) is 1. The van der Waals surface area contributed by atoms with E-state index in [4.69, 9.17) is 4.74 Å². The minimum Gasteiger partial charge on any atom is -1.00 e. The van der Waals surface area contributed by atoms with Gasteiger partial charge < -0.3 is 16.6 Å². The van der Waals surface area contributed by atoms with Gasteiger partial charge in [-0.3, -0.25) is 0 Å². The van der Waals surface area contributed by atoms with E-state index in [1.54, 1.807) is 19.2 Å². The van der Waals surface area contributed by atoms with Gasteiger partial charge >= 0.3 is 35.6 Å². The van der Waals surface area contributed by atoms with Gasteiger partial charge in [-0.2, -0.15) is 0 Å². The van der Waals surface area contributed by atoms with Crippen LogP contribution in [0.3, 0.4) is 0 Å². The van der Waals surface area contributed by atoms with Crippen LogP contribution in [0.5, 0.6) is 5.88 Å². The van der Waals surface area contributed by atoms with Crippen molar-refractivity contribution in [1.82, 2.24) is 9.71 Å². The average Bonchev–Trinajstić information content (AvgIpc) is 3.47. The number of aromatic nitrogens is 1. The fraction of sp³-hybridized carbons (Fsp3) is 0.360. The maximum Gasteiger partial charge on any atom is 1.00 e. The number of hydrogen-bond donors (Lipinski definition) is 3. The molecule has 3 aromatic rings. The molecule has 8 nitrogen and oxygen atoms in total. The van der Waals surface area contributed by atoms with E-state index in [1.807, 2.05) is 18.2 Å². The van der Waals surface area contributed by atoms with Gasteiger partial charge in [0.15, 0.2) is 0 Å². The Balaban J connectivity index is 0.00000190. The summed E-state index contributed by atoms with van der Waals surface area (Å²) in [4.78, 5) is 18.0. The van der Waals surface area contributed by atoms with Crippen molar-refractivity contribution in [3.63, 3.8) is 0 Å². The molecule has 3 N–H and O–H groups in total. The van der Waals surface area contributed by atoms with Crippen LogP contribution in [0, 0.1) is 0 Å². The van der Waals surface area contributed by atoms with Gasteiger partial charge in [-0.25, -0.2) is 22.9 Å². The van der Waals surface area contributed by atoms with Crippen LogP contribution in [-0.4, -0.2) is 31.6 Å². The third-order valence-electron chi connectivity index (χ3n) is 6.70. The summed E-state index contributed by atoms with van der Waals surface area (Å²) in [5.74, 6) is 0.443. The van der Waals surface area contributed by atoms with Crippen molar-refractivity contribution in [3.05, 3.63) is 58.1 Å². The summed E-state index contributed by atoms with van der Waals surface area (Å²) in [6.45, 7) is 1.69. The first kappa shape index (κ1) is 27.1. The second-order valence-electron chi connectivity index (χ2n) is 9.16. The smallest absolute Gasteiger partial charge is 1.00 e. The van der Waals surface area contributed by atoms with E-state index in [1.165, 1.54) is 13.2 Å². The number of thiophene rings is 1. The molecule has 0 spiro atoms. The Morgan fingerprint density at radius 1 is 1.19 bits per heavy atom. The number of benzene rings is 1. The predicted molar refractivity (Wildman–Crippen MR) is 136 cm³/mol. The van der Waals surface area contributed by atoms with Gasteiger partial charge in [-0.1, -0.05) is 12.1 Å². The molecule has 2 aliphatic rings. The number of hydrogen-bond acceptors (Lipinski definition) is 7. The molecular formula is C25H28N3NaO5S2. The molecule has 36 heavy (non-hydrogen) atoms. The predicted octanol–water partition coefficient (Wildman–Crippen LogP) is 1.48. The quantitative estimate of drug-likeness (QED) is 0.425. The van der Waals surface area contributed by atoms with Crippen LogP contribution < -0.4 is 44.3 Å². The first-order valence-corrected chi connectivity index (χ1v) is 13.8. The molecule has 186 valence electrons. The van der Waals surface area contributed by atoms with E-state index in [0.717, 1.165) is 64.2 Å². The van der Waals surface area contributed by atoms with Crippen molar-refractivity contribution in [3.8, 4) is 17.0 Å². The van der Waals surface area contributed by atoms with Crippen LogP contribution in [0.15, 0.2) is 40.7 Å². The van der Waals surface area contributed by atoms with E-state index < -0.39 is 21.7 Å². The number of aryl methyl sites for hydroxylation is 2. The summed E-state index contributed by atoms with van der Waals surface area (Å²) in [6.07, 6.45) is 6.37. The summed E-state index contributed by atoms with van der Waals surface area (Å²) in [5, 5.41) is 13.5. The number of fused-ring (bicyclic) bond motifs is 2.